The number of hydrogen-bond acceptors (Lipinski definition) is 4. The quantitative estimate of drug-likeness (QED) is 0.480. The van der Waals surface area contributed by atoms with Crippen molar-refractivity contribution in [3.8, 4) is 5.75 Å². The predicted octanol–water partition coefficient (Wildman–Crippen LogP) is 5.44. The molecule has 0 radical (unpaired) electrons. The van der Waals surface area contributed by atoms with Crippen molar-refractivity contribution in [2.45, 2.75) is 25.6 Å². The molecule has 1 aliphatic heterocycles. The molecule has 0 spiro atoms. The molecule has 1 aliphatic rings. The molecule has 0 amide bonds. The summed E-state index contributed by atoms with van der Waals surface area (Å²) in [5, 5.41) is 11.4. The second-order valence-electron chi connectivity index (χ2n) is 8.37. The lowest BCUT2D eigenvalue weighted by atomic mass is 9.93. The number of piperazine rings is 1. The van der Waals surface area contributed by atoms with E-state index in [1.807, 2.05) is 30.3 Å². The minimum absolute atomic E-state index is 0. The normalized spacial score (nSPS) is 16.2. The van der Waals surface area contributed by atoms with Crippen molar-refractivity contribution in [1.82, 2.24) is 9.80 Å². The van der Waals surface area contributed by atoms with Crippen molar-refractivity contribution in [2.24, 2.45) is 0 Å². The summed E-state index contributed by atoms with van der Waals surface area (Å²) in [4.78, 5) is 4.92. The first-order chi connectivity index (χ1) is 15.1. The van der Waals surface area contributed by atoms with Crippen LogP contribution in [0.5, 0.6) is 5.75 Å². The average Bonchev–Trinajstić information content (AvgIpc) is 2.81. The summed E-state index contributed by atoms with van der Waals surface area (Å²) in [6, 6.07) is 26.9. The van der Waals surface area contributed by atoms with Gasteiger partial charge in [0.15, 0.2) is 0 Å². The summed E-state index contributed by atoms with van der Waals surface area (Å²) in [5.74, 6) is 0.893. The Morgan fingerprint density at radius 3 is 2.06 bits per heavy atom. The van der Waals surface area contributed by atoms with Crippen LogP contribution in [-0.4, -0.2) is 48.2 Å². The summed E-state index contributed by atoms with van der Waals surface area (Å²) in [6.07, 6.45) is -0.560. The van der Waals surface area contributed by atoms with Crippen molar-refractivity contribution in [3.05, 3.63) is 101 Å². The van der Waals surface area contributed by atoms with Crippen molar-refractivity contribution in [1.29, 1.82) is 0 Å². The third-order valence-electron chi connectivity index (χ3n) is 6.19. The molecule has 3 aromatic rings. The Balaban J connectivity index is 0.00000193. The van der Waals surface area contributed by atoms with E-state index in [2.05, 4.69) is 65.3 Å². The highest BCUT2D eigenvalue weighted by Crippen LogP contribution is 2.35. The number of benzene rings is 3. The highest BCUT2D eigenvalue weighted by Gasteiger charge is 2.31. The molecule has 1 fully saturated rings. The maximum absolute atomic E-state index is 11.4. The van der Waals surface area contributed by atoms with Crippen LogP contribution in [-0.2, 0) is 6.54 Å². The molecule has 0 saturated carbocycles. The standard InChI is InChI=1S/C27H32N2O2.2ClH/c1-21-7-6-10-24(19-21)27(30)26(23-8-4-3-5-9-23)29-17-15-28(16-18-29)20-22-11-13-25(31-2)14-12-22;;/h3-14,19,26-27,30H,15-18,20H2,1-2H3;2*1H. The molecular formula is C27H34Cl2N2O2. The first-order valence-electron chi connectivity index (χ1n) is 11.0. The van der Waals surface area contributed by atoms with Crippen molar-refractivity contribution in [3.63, 3.8) is 0 Å². The summed E-state index contributed by atoms with van der Waals surface area (Å²) in [5.41, 5.74) is 4.62. The second kappa shape index (κ2) is 13.0. The molecule has 1 saturated heterocycles. The molecule has 2 unspecified atom stereocenters. The van der Waals surface area contributed by atoms with Crippen LogP contribution < -0.4 is 4.74 Å². The van der Waals surface area contributed by atoms with Gasteiger partial charge in [0, 0.05) is 32.7 Å². The van der Waals surface area contributed by atoms with Gasteiger partial charge in [0.05, 0.1) is 19.3 Å². The van der Waals surface area contributed by atoms with Gasteiger partial charge in [-0.25, -0.2) is 0 Å². The van der Waals surface area contributed by atoms with Crippen LogP contribution in [0.4, 0.5) is 0 Å². The summed E-state index contributed by atoms with van der Waals surface area (Å²) < 4.78 is 5.26. The summed E-state index contributed by atoms with van der Waals surface area (Å²) >= 11 is 0. The van der Waals surface area contributed by atoms with E-state index in [9.17, 15) is 5.11 Å². The van der Waals surface area contributed by atoms with E-state index in [1.54, 1.807) is 7.11 Å². The van der Waals surface area contributed by atoms with E-state index >= 15 is 0 Å². The molecule has 0 bridgehead atoms. The van der Waals surface area contributed by atoms with Crippen molar-refractivity contribution in [2.75, 3.05) is 33.3 Å². The molecule has 2 atom stereocenters. The zero-order valence-electron chi connectivity index (χ0n) is 19.3. The van der Waals surface area contributed by atoms with Gasteiger partial charge in [0.25, 0.3) is 0 Å². The topological polar surface area (TPSA) is 35.9 Å². The van der Waals surface area contributed by atoms with Crippen molar-refractivity contribution < 1.29 is 9.84 Å². The van der Waals surface area contributed by atoms with Crippen LogP contribution in [0.15, 0.2) is 78.9 Å². The van der Waals surface area contributed by atoms with Crippen molar-refractivity contribution >= 4 is 24.8 Å². The maximum atomic E-state index is 11.4. The van der Waals surface area contributed by atoms with E-state index in [0.29, 0.717) is 0 Å². The van der Waals surface area contributed by atoms with E-state index in [4.69, 9.17) is 4.74 Å². The number of nitrogens with zero attached hydrogens (tertiary/aromatic N) is 2. The molecule has 3 aromatic carbocycles. The largest absolute Gasteiger partial charge is 0.497 e. The van der Waals surface area contributed by atoms with Gasteiger partial charge < -0.3 is 9.84 Å². The number of methoxy groups -OCH3 is 1. The SMILES string of the molecule is COc1ccc(CN2CCN(C(c3ccccc3)C(O)c3cccc(C)c3)CC2)cc1.Cl.Cl. The zero-order valence-corrected chi connectivity index (χ0v) is 20.9. The van der Waals surface area contributed by atoms with Gasteiger partial charge in [-0.3, -0.25) is 9.80 Å². The number of halogens is 2. The lowest BCUT2D eigenvalue weighted by Gasteiger charge is -2.41. The highest BCUT2D eigenvalue weighted by atomic mass is 35.5. The molecule has 0 aromatic heterocycles. The molecule has 4 nitrogen and oxygen atoms in total. The molecule has 6 heteroatoms. The second-order valence-corrected chi connectivity index (χ2v) is 8.37. The van der Waals surface area contributed by atoms with Crippen LogP contribution in [0.1, 0.15) is 34.4 Å². The number of aliphatic hydroxyl groups excluding tert-OH is 1. The zero-order chi connectivity index (χ0) is 21.6. The fraction of sp³-hybridized carbons (Fsp3) is 0.333. The Morgan fingerprint density at radius 2 is 1.45 bits per heavy atom. The molecule has 33 heavy (non-hydrogen) atoms. The fourth-order valence-electron chi connectivity index (χ4n) is 4.47. The Bertz CT molecular complexity index is 961. The molecule has 4 rings (SSSR count). The number of aryl methyl sites for hydroxylation is 1. The first kappa shape index (κ1) is 27.2. The lowest BCUT2D eigenvalue weighted by Crippen LogP contribution is -2.48. The predicted molar refractivity (Wildman–Crippen MR) is 140 cm³/mol. The lowest BCUT2D eigenvalue weighted by molar-refractivity contribution is 0.0148. The minimum atomic E-state index is -0.560. The average molecular weight is 489 g/mol. The van der Waals surface area contributed by atoms with E-state index in [-0.39, 0.29) is 30.9 Å². The number of ether oxygens (including phenoxy) is 1. The summed E-state index contributed by atoms with van der Waals surface area (Å²) in [6.45, 7) is 6.84. The Hall–Kier alpha value is -2.08. The fourth-order valence-corrected chi connectivity index (χ4v) is 4.47. The van der Waals surface area contributed by atoms with Gasteiger partial charge in [0.2, 0.25) is 0 Å². The maximum Gasteiger partial charge on any atom is 0.118 e. The van der Waals surface area contributed by atoms with Crippen LogP contribution in [0.3, 0.4) is 0 Å². The van der Waals surface area contributed by atoms with Gasteiger partial charge in [-0.1, -0.05) is 72.3 Å². The Labute approximate surface area is 210 Å². The Morgan fingerprint density at radius 1 is 0.818 bits per heavy atom. The van der Waals surface area contributed by atoms with Gasteiger partial charge in [-0.2, -0.15) is 0 Å². The van der Waals surface area contributed by atoms with Crippen LogP contribution in [0, 0.1) is 6.92 Å². The smallest absolute Gasteiger partial charge is 0.118 e. The first-order valence-corrected chi connectivity index (χ1v) is 11.0. The van der Waals surface area contributed by atoms with Crippen LogP contribution in [0.25, 0.3) is 0 Å². The summed E-state index contributed by atoms with van der Waals surface area (Å²) in [7, 11) is 1.70. The third-order valence-corrected chi connectivity index (χ3v) is 6.19. The molecule has 0 aliphatic carbocycles. The highest BCUT2D eigenvalue weighted by molar-refractivity contribution is 5.85. The van der Waals surface area contributed by atoms with E-state index in [1.165, 1.54) is 16.7 Å². The Kier molecular flexibility index (Phi) is 10.7. The molecular weight excluding hydrogens is 455 g/mol. The van der Waals surface area contributed by atoms with E-state index < -0.39 is 6.10 Å². The minimum Gasteiger partial charge on any atom is -0.497 e. The molecule has 1 N–H and O–H groups in total. The number of aliphatic hydroxyl groups is 1. The molecule has 178 valence electrons. The van der Waals surface area contributed by atoms with Gasteiger partial charge in [0.1, 0.15) is 5.75 Å². The van der Waals surface area contributed by atoms with Gasteiger partial charge in [-0.15, -0.1) is 24.8 Å². The monoisotopic (exact) mass is 488 g/mol. The van der Waals surface area contributed by atoms with E-state index in [0.717, 1.165) is 44.0 Å². The number of hydrogen-bond donors (Lipinski definition) is 1. The third kappa shape index (κ3) is 6.95. The van der Waals surface area contributed by atoms with Gasteiger partial charge in [-0.05, 0) is 35.7 Å². The number of rotatable bonds is 7. The van der Waals surface area contributed by atoms with Gasteiger partial charge >= 0.3 is 0 Å². The van der Waals surface area contributed by atoms with Crippen LogP contribution >= 0.6 is 24.8 Å². The molecule has 1 heterocycles. The van der Waals surface area contributed by atoms with Crippen LogP contribution in [0.2, 0.25) is 0 Å².